The van der Waals surface area contributed by atoms with Crippen molar-refractivity contribution in [3.63, 3.8) is 0 Å². The van der Waals surface area contributed by atoms with Crippen LogP contribution in [0.15, 0.2) is 42.5 Å². The number of benzene rings is 2. The first kappa shape index (κ1) is 19.6. The summed E-state index contributed by atoms with van der Waals surface area (Å²) in [6.07, 6.45) is 0. The number of anilines is 1. The average Bonchev–Trinajstić information content (AvgIpc) is 3.20. The zero-order valence-electron chi connectivity index (χ0n) is 16.1. The fourth-order valence-corrected chi connectivity index (χ4v) is 3.54. The Morgan fingerprint density at radius 1 is 1.00 bits per heavy atom. The first-order valence-electron chi connectivity index (χ1n) is 8.57. The van der Waals surface area contributed by atoms with E-state index in [4.69, 9.17) is 14.2 Å². The lowest BCUT2D eigenvalue weighted by Crippen LogP contribution is -2.12. The van der Waals surface area contributed by atoms with Crippen molar-refractivity contribution in [2.75, 3.05) is 26.6 Å². The quantitative estimate of drug-likeness (QED) is 0.647. The van der Waals surface area contributed by atoms with Crippen molar-refractivity contribution in [3.05, 3.63) is 58.6 Å². The molecular formula is C20H21N3O4S. The van der Waals surface area contributed by atoms with Crippen LogP contribution in [0.5, 0.6) is 17.2 Å². The molecule has 0 saturated heterocycles. The van der Waals surface area contributed by atoms with Gasteiger partial charge >= 0.3 is 0 Å². The Hall–Kier alpha value is -3.13. The minimum absolute atomic E-state index is 0.0885. The number of ether oxygens (including phenoxy) is 3. The maximum absolute atomic E-state index is 12.7. The number of amides is 1. The molecule has 0 aliphatic rings. The Morgan fingerprint density at radius 3 is 2.21 bits per heavy atom. The van der Waals surface area contributed by atoms with Gasteiger partial charge in [0, 0.05) is 11.5 Å². The topological polar surface area (TPSA) is 82.6 Å². The smallest absolute Gasteiger partial charge is 0.257 e. The number of methoxy groups -OCH3 is 3. The van der Waals surface area contributed by atoms with Crippen molar-refractivity contribution < 1.29 is 19.0 Å². The molecule has 146 valence electrons. The summed E-state index contributed by atoms with van der Waals surface area (Å²) < 4.78 is 15.9. The molecule has 1 amide bonds. The largest absolute Gasteiger partial charge is 0.493 e. The van der Waals surface area contributed by atoms with Crippen molar-refractivity contribution >= 4 is 22.4 Å². The number of carbonyl (C=O) groups excluding carboxylic acids is 1. The van der Waals surface area contributed by atoms with Gasteiger partial charge in [-0.1, -0.05) is 48.6 Å². The van der Waals surface area contributed by atoms with E-state index < -0.39 is 0 Å². The summed E-state index contributed by atoms with van der Waals surface area (Å²) in [5.74, 6) is 0.988. The zero-order chi connectivity index (χ0) is 20.1. The Labute approximate surface area is 167 Å². The van der Waals surface area contributed by atoms with Gasteiger partial charge in [-0.2, -0.15) is 0 Å². The monoisotopic (exact) mass is 399 g/mol. The van der Waals surface area contributed by atoms with Gasteiger partial charge in [0.1, 0.15) is 5.01 Å². The number of hydrogen-bond acceptors (Lipinski definition) is 7. The standard InChI is InChI=1S/C20H21N3O4S/c1-12(13-8-6-5-7-9-13)19-22-23-20(28-19)21-18(24)14-10-15(25-2)17(27-4)16(11-14)26-3/h5-12H,1-4H3,(H,21,23,24)/t12-/m1/s1. The Balaban J connectivity index is 1.80. The highest BCUT2D eigenvalue weighted by molar-refractivity contribution is 7.15. The lowest BCUT2D eigenvalue weighted by molar-refractivity contribution is 0.102. The summed E-state index contributed by atoms with van der Waals surface area (Å²) in [6.45, 7) is 2.06. The maximum Gasteiger partial charge on any atom is 0.257 e. The summed E-state index contributed by atoms with van der Waals surface area (Å²) in [5, 5.41) is 12.3. The van der Waals surface area contributed by atoms with Gasteiger partial charge < -0.3 is 14.2 Å². The fourth-order valence-electron chi connectivity index (χ4n) is 2.73. The van der Waals surface area contributed by atoms with Crippen LogP contribution in [0.1, 0.15) is 33.8 Å². The summed E-state index contributed by atoms with van der Waals surface area (Å²) in [6, 6.07) is 13.2. The molecule has 3 aromatic rings. The molecule has 0 bridgehead atoms. The molecule has 0 saturated carbocycles. The number of aromatic nitrogens is 2. The van der Waals surface area contributed by atoms with Gasteiger partial charge in [-0.15, -0.1) is 10.2 Å². The first-order valence-corrected chi connectivity index (χ1v) is 9.38. The molecule has 0 aliphatic heterocycles. The SMILES string of the molecule is COc1cc(C(=O)Nc2nnc([C@H](C)c3ccccc3)s2)cc(OC)c1OC. The minimum Gasteiger partial charge on any atom is -0.493 e. The van der Waals surface area contributed by atoms with Crippen LogP contribution in [-0.2, 0) is 0 Å². The number of nitrogens with zero attached hydrogens (tertiary/aromatic N) is 2. The summed E-state index contributed by atoms with van der Waals surface area (Å²) >= 11 is 1.35. The molecule has 0 aliphatic carbocycles. The van der Waals surface area contributed by atoms with Crippen LogP contribution in [0.2, 0.25) is 0 Å². The van der Waals surface area contributed by atoms with E-state index in [1.54, 1.807) is 12.1 Å². The van der Waals surface area contributed by atoms with E-state index in [1.807, 2.05) is 30.3 Å². The summed E-state index contributed by atoms with van der Waals surface area (Å²) in [5.41, 5.74) is 1.50. The van der Waals surface area contributed by atoms with E-state index >= 15 is 0 Å². The van der Waals surface area contributed by atoms with Gasteiger partial charge in [0.05, 0.1) is 21.3 Å². The fraction of sp³-hybridized carbons (Fsp3) is 0.250. The van der Waals surface area contributed by atoms with Gasteiger partial charge in [-0.3, -0.25) is 10.1 Å². The third kappa shape index (κ3) is 4.07. The van der Waals surface area contributed by atoms with E-state index in [0.29, 0.717) is 27.9 Å². The highest BCUT2D eigenvalue weighted by Gasteiger charge is 2.19. The Morgan fingerprint density at radius 2 is 1.64 bits per heavy atom. The molecule has 1 heterocycles. The van der Waals surface area contributed by atoms with Crippen molar-refractivity contribution in [2.24, 2.45) is 0 Å². The van der Waals surface area contributed by atoms with E-state index in [-0.39, 0.29) is 11.8 Å². The molecule has 0 radical (unpaired) electrons. The van der Waals surface area contributed by atoms with E-state index in [9.17, 15) is 4.79 Å². The second-order valence-electron chi connectivity index (χ2n) is 5.95. The van der Waals surface area contributed by atoms with Gasteiger partial charge in [-0.05, 0) is 17.7 Å². The van der Waals surface area contributed by atoms with Crippen LogP contribution in [0.25, 0.3) is 0 Å². The molecule has 7 nitrogen and oxygen atoms in total. The molecule has 1 aromatic heterocycles. The molecule has 0 spiro atoms. The third-order valence-corrected chi connectivity index (χ3v) is 5.28. The Kier molecular flexibility index (Phi) is 6.10. The maximum atomic E-state index is 12.7. The molecule has 1 N–H and O–H groups in total. The van der Waals surface area contributed by atoms with Crippen molar-refractivity contribution in [2.45, 2.75) is 12.8 Å². The third-order valence-electron chi connectivity index (χ3n) is 4.26. The van der Waals surface area contributed by atoms with Gasteiger partial charge in [0.25, 0.3) is 5.91 Å². The highest BCUT2D eigenvalue weighted by Crippen LogP contribution is 2.38. The number of carbonyl (C=O) groups is 1. The minimum atomic E-state index is -0.339. The van der Waals surface area contributed by atoms with Crippen molar-refractivity contribution in [1.82, 2.24) is 10.2 Å². The average molecular weight is 399 g/mol. The van der Waals surface area contributed by atoms with Gasteiger partial charge in [-0.25, -0.2) is 0 Å². The molecule has 0 unspecified atom stereocenters. The van der Waals surface area contributed by atoms with Crippen LogP contribution in [0.4, 0.5) is 5.13 Å². The zero-order valence-corrected chi connectivity index (χ0v) is 16.9. The van der Waals surface area contributed by atoms with Gasteiger partial charge in [0.2, 0.25) is 10.9 Å². The highest BCUT2D eigenvalue weighted by atomic mass is 32.1. The molecule has 28 heavy (non-hydrogen) atoms. The normalized spacial score (nSPS) is 11.6. The lowest BCUT2D eigenvalue weighted by Gasteiger charge is -2.13. The molecule has 1 atom stereocenters. The molecule has 3 rings (SSSR count). The second-order valence-corrected chi connectivity index (χ2v) is 6.96. The van der Waals surface area contributed by atoms with Crippen molar-refractivity contribution in [3.8, 4) is 17.2 Å². The summed E-state index contributed by atoms with van der Waals surface area (Å²) in [7, 11) is 4.51. The Bertz CT molecular complexity index is 934. The first-order chi connectivity index (χ1) is 13.6. The molecule has 2 aromatic carbocycles. The second kappa shape index (κ2) is 8.71. The van der Waals surface area contributed by atoms with Crippen LogP contribution in [0, 0.1) is 0 Å². The van der Waals surface area contributed by atoms with Crippen LogP contribution in [-0.4, -0.2) is 37.4 Å². The number of nitrogens with one attached hydrogen (secondary N) is 1. The van der Waals surface area contributed by atoms with Crippen LogP contribution >= 0.6 is 11.3 Å². The number of rotatable bonds is 7. The molecule has 8 heteroatoms. The number of hydrogen-bond donors (Lipinski definition) is 1. The van der Waals surface area contributed by atoms with Crippen LogP contribution < -0.4 is 19.5 Å². The van der Waals surface area contributed by atoms with Gasteiger partial charge in [0.15, 0.2) is 11.5 Å². The predicted molar refractivity (Wildman–Crippen MR) is 108 cm³/mol. The summed E-state index contributed by atoms with van der Waals surface area (Å²) in [4.78, 5) is 12.7. The molecule has 0 fully saturated rings. The van der Waals surface area contributed by atoms with Crippen molar-refractivity contribution in [1.29, 1.82) is 0 Å². The van der Waals surface area contributed by atoms with E-state index in [0.717, 1.165) is 10.6 Å². The predicted octanol–water partition coefficient (Wildman–Crippen LogP) is 3.97. The van der Waals surface area contributed by atoms with Crippen LogP contribution in [0.3, 0.4) is 0 Å². The van der Waals surface area contributed by atoms with E-state index in [1.165, 1.54) is 32.7 Å². The lowest BCUT2D eigenvalue weighted by atomic mass is 10.0. The van der Waals surface area contributed by atoms with E-state index in [2.05, 4.69) is 22.4 Å². The molecular weight excluding hydrogens is 378 g/mol.